The van der Waals surface area contributed by atoms with Crippen LogP contribution < -0.4 is 10.2 Å². The summed E-state index contributed by atoms with van der Waals surface area (Å²) in [7, 11) is 0. The minimum absolute atomic E-state index is 0.0289. The lowest BCUT2D eigenvalue weighted by Crippen LogP contribution is -2.32. The maximum atomic E-state index is 12.1. The highest BCUT2D eigenvalue weighted by Gasteiger charge is 2.18. The fourth-order valence-corrected chi connectivity index (χ4v) is 2.69. The van der Waals surface area contributed by atoms with Crippen LogP contribution in [0.1, 0.15) is 32.3 Å². The standard InChI is InChI=1S/C16H25N3O/c1-4-18(5-2)14-8-9-15(13(3)12-14)17-16(20)19-10-6-7-11-19/h8-9,12H,4-7,10-11H2,1-3H3,(H,17,20). The van der Waals surface area contributed by atoms with Gasteiger partial charge in [0.25, 0.3) is 0 Å². The summed E-state index contributed by atoms with van der Waals surface area (Å²) in [6, 6.07) is 6.27. The summed E-state index contributed by atoms with van der Waals surface area (Å²) in [6.45, 7) is 10.1. The van der Waals surface area contributed by atoms with Gasteiger partial charge in [-0.3, -0.25) is 0 Å². The highest BCUT2D eigenvalue weighted by Crippen LogP contribution is 2.23. The molecule has 0 aliphatic carbocycles. The number of carbonyl (C=O) groups is 1. The topological polar surface area (TPSA) is 35.6 Å². The summed E-state index contributed by atoms with van der Waals surface area (Å²) >= 11 is 0. The Morgan fingerprint density at radius 3 is 2.45 bits per heavy atom. The van der Waals surface area contributed by atoms with Crippen molar-refractivity contribution in [2.24, 2.45) is 0 Å². The average molecular weight is 275 g/mol. The number of benzene rings is 1. The molecule has 4 nitrogen and oxygen atoms in total. The molecule has 1 N–H and O–H groups in total. The van der Waals surface area contributed by atoms with Gasteiger partial charge in [0.1, 0.15) is 0 Å². The molecule has 0 unspecified atom stereocenters. The van der Waals surface area contributed by atoms with Crippen molar-refractivity contribution >= 4 is 17.4 Å². The van der Waals surface area contributed by atoms with E-state index in [-0.39, 0.29) is 6.03 Å². The SMILES string of the molecule is CCN(CC)c1ccc(NC(=O)N2CCCC2)c(C)c1. The first-order valence-corrected chi connectivity index (χ1v) is 7.57. The van der Waals surface area contributed by atoms with Gasteiger partial charge in [0, 0.05) is 37.6 Å². The van der Waals surface area contributed by atoms with Gasteiger partial charge in [-0.2, -0.15) is 0 Å². The summed E-state index contributed by atoms with van der Waals surface area (Å²) in [5, 5.41) is 3.02. The smallest absolute Gasteiger partial charge is 0.321 e. The van der Waals surface area contributed by atoms with Gasteiger partial charge in [-0.15, -0.1) is 0 Å². The van der Waals surface area contributed by atoms with Crippen LogP contribution in [0.4, 0.5) is 16.2 Å². The van der Waals surface area contributed by atoms with Crippen LogP contribution in [-0.2, 0) is 0 Å². The van der Waals surface area contributed by atoms with Gasteiger partial charge in [-0.1, -0.05) is 0 Å². The van der Waals surface area contributed by atoms with E-state index in [0.29, 0.717) is 0 Å². The van der Waals surface area contributed by atoms with Gasteiger partial charge in [0.15, 0.2) is 0 Å². The van der Waals surface area contributed by atoms with Crippen molar-refractivity contribution < 1.29 is 4.79 Å². The third-order valence-electron chi connectivity index (χ3n) is 3.97. The number of nitrogens with one attached hydrogen (secondary N) is 1. The zero-order valence-electron chi connectivity index (χ0n) is 12.8. The second kappa shape index (κ2) is 6.64. The predicted octanol–water partition coefficient (Wildman–Crippen LogP) is 3.47. The number of carbonyl (C=O) groups excluding carboxylic acids is 1. The fraction of sp³-hybridized carbons (Fsp3) is 0.562. The van der Waals surface area contributed by atoms with Gasteiger partial charge < -0.3 is 15.1 Å². The number of likely N-dealkylation sites (tertiary alicyclic amines) is 1. The van der Waals surface area contributed by atoms with Crippen LogP contribution in [0.15, 0.2) is 18.2 Å². The molecule has 110 valence electrons. The van der Waals surface area contributed by atoms with Crippen LogP contribution in [0.25, 0.3) is 0 Å². The lowest BCUT2D eigenvalue weighted by molar-refractivity contribution is 0.222. The van der Waals surface area contributed by atoms with E-state index in [1.54, 1.807) is 0 Å². The minimum atomic E-state index is 0.0289. The normalized spacial score (nSPS) is 14.4. The first kappa shape index (κ1) is 14.7. The van der Waals surface area contributed by atoms with Crippen molar-refractivity contribution in [1.29, 1.82) is 0 Å². The highest BCUT2D eigenvalue weighted by atomic mass is 16.2. The number of nitrogens with zero attached hydrogens (tertiary/aromatic N) is 2. The maximum absolute atomic E-state index is 12.1. The molecular weight excluding hydrogens is 250 g/mol. The van der Waals surface area contributed by atoms with Crippen molar-refractivity contribution in [3.8, 4) is 0 Å². The molecule has 0 radical (unpaired) electrons. The van der Waals surface area contributed by atoms with Crippen LogP contribution in [-0.4, -0.2) is 37.1 Å². The van der Waals surface area contributed by atoms with Gasteiger partial charge in [0.05, 0.1) is 0 Å². The molecule has 1 heterocycles. The summed E-state index contributed by atoms with van der Waals surface area (Å²) in [5.74, 6) is 0. The lowest BCUT2D eigenvalue weighted by atomic mass is 10.1. The Morgan fingerprint density at radius 2 is 1.90 bits per heavy atom. The Hall–Kier alpha value is -1.71. The molecule has 1 fully saturated rings. The molecule has 0 saturated carbocycles. The van der Waals surface area contributed by atoms with Crippen molar-refractivity contribution in [2.75, 3.05) is 36.4 Å². The van der Waals surface area contributed by atoms with E-state index in [1.807, 2.05) is 17.9 Å². The second-order valence-corrected chi connectivity index (χ2v) is 5.30. The van der Waals surface area contributed by atoms with E-state index < -0.39 is 0 Å². The molecule has 1 aromatic carbocycles. The number of hydrogen-bond acceptors (Lipinski definition) is 2. The third-order valence-corrected chi connectivity index (χ3v) is 3.97. The molecule has 1 aliphatic heterocycles. The molecule has 1 aliphatic rings. The number of hydrogen-bond donors (Lipinski definition) is 1. The number of rotatable bonds is 4. The molecule has 20 heavy (non-hydrogen) atoms. The lowest BCUT2D eigenvalue weighted by Gasteiger charge is -2.23. The van der Waals surface area contributed by atoms with Gasteiger partial charge in [-0.05, 0) is 57.4 Å². The molecule has 2 amide bonds. The Bertz CT molecular complexity index is 463. The van der Waals surface area contributed by atoms with Crippen molar-refractivity contribution in [2.45, 2.75) is 33.6 Å². The Balaban J connectivity index is 2.07. The van der Waals surface area contributed by atoms with Crippen LogP contribution in [0.2, 0.25) is 0 Å². The van der Waals surface area contributed by atoms with E-state index in [9.17, 15) is 4.79 Å². The van der Waals surface area contributed by atoms with Crippen molar-refractivity contribution in [3.05, 3.63) is 23.8 Å². The molecule has 1 saturated heterocycles. The monoisotopic (exact) mass is 275 g/mol. The average Bonchev–Trinajstić information content (AvgIpc) is 2.97. The minimum Gasteiger partial charge on any atom is -0.372 e. The number of anilines is 2. The van der Waals surface area contributed by atoms with Crippen LogP contribution in [0.3, 0.4) is 0 Å². The summed E-state index contributed by atoms with van der Waals surface area (Å²) in [4.78, 5) is 16.3. The molecular formula is C16H25N3O. The second-order valence-electron chi connectivity index (χ2n) is 5.30. The van der Waals surface area contributed by atoms with E-state index in [1.165, 1.54) is 5.69 Å². The number of aryl methyl sites for hydroxylation is 1. The third kappa shape index (κ3) is 3.24. The fourth-order valence-electron chi connectivity index (χ4n) is 2.69. The molecule has 1 aromatic rings. The summed E-state index contributed by atoms with van der Waals surface area (Å²) in [6.07, 6.45) is 2.24. The Kier molecular flexibility index (Phi) is 4.88. The Labute approximate surface area is 121 Å². The highest BCUT2D eigenvalue weighted by molar-refractivity contribution is 5.90. The molecule has 0 atom stereocenters. The Morgan fingerprint density at radius 1 is 1.25 bits per heavy atom. The van der Waals surface area contributed by atoms with Gasteiger partial charge in [0.2, 0.25) is 0 Å². The zero-order valence-corrected chi connectivity index (χ0v) is 12.8. The first-order valence-electron chi connectivity index (χ1n) is 7.57. The van der Waals surface area contributed by atoms with E-state index >= 15 is 0 Å². The van der Waals surface area contributed by atoms with Gasteiger partial charge >= 0.3 is 6.03 Å². The van der Waals surface area contributed by atoms with Crippen molar-refractivity contribution in [1.82, 2.24) is 4.90 Å². The maximum Gasteiger partial charge on any atom is 0.321 e. The van der Waals surface area contributed by atoms with E-state index in [4.69, 9.17) is 0 Å². The first-order chi connectivity index (χ1) is 9.65. The number of amides is 2. The van der Waals surface area contributed by atoms with Crippen LogP contribution in [0.5, 0.6) is 0 Å². The largest absolute Gasteiger partial charge is 0.372 e. The molecule has 0 aromatic heterocycles. The number of urea groups is 1. The summed E-state index contributed by atoms with van der Waals surface area (Å²) < 4.78 is 0. The van der Waals surface area contributed by atoms with Crippen LogP contribution >= 0.6 is 0 Å². The summed E-state index contributed by atoms with van der Waals surface area (Å²) in [5.41, 5.74) is 3.24. The van der Waals surface area contributed by atoms with Gasteiger partial charge in [-0.25, -0.2) is 4.79 Å². The predicted molar refractivity (Wildman–Crippen MR) is 84.6 cm³/mol. The molecule has 2 rings (SSSR count). The zero-order chi connectivity index (χ0) is 14.5. The van der Waals surface area contributed by atoms with E-state index in [2.05, 4.69) is 36.2 Å². The molecule has 4 heteroatoms. The molecule has 0 bridgehead atoms. The van der Waals surface area contributed by atoms with Crippen LogP contribution in [0, 0.1) is 6.92 Å². The van der Waals surface area contributed by atoms with Crippen molar-refractivity contribution in [3.63, 3.8) is 0 Å². The quantitative estimate of drug-likeness (QED) is 0.913. The van der Waals surface area contributed by atoms with E-state index in [0.717, 1.165) is 50.3 Å². The molecule has 0 spiro atoms.